The number of aryl methyl sites for hydroxylation is 1. The first-order valence-corrected chi connectivity index (χ1v) is 7.32. The molecule has 1 amide bonds. The minimum absolute atomic E-state index is 0.163. The largest absolute Gasteiger partial charge is 0.488 e. The maximum Gasteiger partial charge on any atom is 0.248 e. The molecule has 2 heterocycles. The van der Waals surface area contributed by atoms with Gasteiger partial charge in [0.05, 0.1) is 5.69 Å². The monoisotopic (exact) mass is 300 g/mol. The Hall–Kier alpha value is -2.34. The number of amides is 1. The van der Waals surface area contributed by atoms with Crippen LogP contribution < -0.4 is 10.5 Å². The van der Waals surface area contributed by atoms with E-state index in [0.29, 0.717) is 5.56 Å². The van der Waals surface area contributed by atoms with Crippen LogP contribution in [0.5, 0.6) is 5.75 Å². The van der Waals surface area contributed by atoms with Gasteiger partial charge in [-0.05, 0) is 37.7 Å². The van der Waals surface area contributed by atoms with Crippen molar-refractivity contribution in [1.82, 2.24) is 14.7 Å². The standard InChI is InChI=1S/C16H20N4O2/c1-19-8-6-12(10-19)22-15-4-3-11(16(17)21)9-13(15)14-5-7-18-20(14)2/h3-5,7,9,12H,6,8,10H2,1-2H3,(H2,17,21). The highest BCUT2D eigenvalue weighted by atomic mass is 16.5. The summed E-state index contributed by atoms with van der Waals surface area (Å²) in [6.07, 6.45) is 2.88. The Morgan fingerprint density at radius 1 is 1.36 bits per heavy atom. The zero-order valence-corrected chi connectivity index (χ0v) is 12.8. The number of nitrogens with zero attached hydrogens (tertiary/aromatic N) is 3. The van der Waals surface area contributed by atoms with Crippen molar-refractivity contribution in [3.8, 4) is 17.0 Å². The molecule has 6 nitrogen and oxygen atoms in total. The summed E-state index contributed by atoms with van der Waals surface area (Å²) in [4.78, 5) is 13.7. The zero-order chi connectivity index (χ0) is 15.7. The van der Waals surface area contributed by atoms with E-state index in [1.54, 1.807) is 23.0 Å². The third kappa shape index (κ3) is 2.82. The van der Waals surface area contributed by atoms with Gasteiger partial charge in [0.1, 0.15) is 11.9 Å². The van der Waals surface area contributed by atoms with Crippen molar-refractivity contribution in [3.63, 3.8) is 0 Å². The average molecular weight is 300 g/mol. The fraction of sp³-hybridized carbons (Fsp3) is 0.375. The molecule has 1 saturated heterocycles. The molecule has 0 radical (unpaired) electrons. The van der Waals surface area contributed by atoms with E-state index in [-0.39, 0.29) is 6.10 Å². The van der Waals surface area contributed by atoms with Crippen LogP contribution in [-0.2, 0) is 7.05 Å². The molecule has 6 heteroatoms. The highest BCUT2D eigenvalue weighted by Crippen LogP contribution is 2.32. The molecule has 0 aliphatic carbocycles. The number of carbonyl (C=O) groups excluding carboxylic acids is 1. The first-order valence-electron chi connectivity index (χ1n) is 7.32. The summed E-state index contributed by atoms with van der Waals surface area (Å²) in [5.74, 6) is 0.310. The van der Waals surface area contributed by atoms with Crippen molar-refractivity contribution in [3.05, 3.63) is 36.0 Å². The minimum atomic E-state index is -0.449. The summed E-state index contributed by atoms with van der Waals surface area (Å²) in [5.41, 5.74) is 7.59. The number of hydrogen-bond acceptors (Lipinski definition) is 4. The third-order valence-corrected chi connectivity index (χ3v) is 4.00. The summed E-state index contributed by atoms with van der Waals surface area (Å²) in [7, 11) is 3.95. The summed E-state index contributed by atoms with van der Waals surface area (Å²) in [5, 5.41) is 4.19. The molecule has 1 unspecified atom stereocenters. The Morgan fingerprint density at radius 3 is 2.77 bits per heavy atom. The number of primary amides is 1. The molecule has 0 bridgehead atoms. The van der Waals surface area contributed by atoms with Gasteiger partial charge in [0.15, 0.2) is 0 Å². The van der Waals surface area contributed by atoms with Crippen molar-refractivity contribution < 1.29 is 9.53 Å². The Bertz CT molecular complexity index is 695. The number of aromatic nitrogens is 2. The van der Waals surface area contributed by atoms with Crippen LogP contribution in [0.15, 0.2) is 30.5 Å². The molecule has 116 valence electrons. The van der Waals surface area contributed by atoms with Crippen LogP contribution in [0.3, 0.4) is 0 Å². The van der Waals surface area contributed by atoms with Crippen molar-refractivity contribution in [2.75, 3.05) is 20.1 Å². The molecule has 22 heavy (non-hydrogen) atoms. The van der Waals surface area contributed by atoms with Crippen LogP contribution in [0.1, 0.15) is 16.8 Å². The first-order chi connectivity index (χ1) is 10.5. The van der Waals surface area contributed by atoms with Gasteiger partial charge >= 0.3 is 0 Å². The van der Waals surface area contributed by atoms with Crippen molar-refractivity contribution in [1.29, 1.82) is 0 Å². The molecule has 2 N–H and O–H groups in total. The van der Waals surface area contributed by atoms with E-state index in [9.17, 15) is 4.79 Å². The van der Waals surface area contributed by atoms with Gasteiger partial charge in [-0.25, -0.2) is 0 Å². The second-order valence-corrected chi connectivity index (χ2v) is 5.71. The highest BCUT2D eigenvalue weighted by molar-refractivity contribution is 5.94. The van der Waals surface area contributed by atoms with Gasteiger partial charge in [-0.15, -0.1) is 0 Å². The first kappa shape index (κ1) is 14.6. The van der Waals surface area contributed by atoms with Crippen molar-refractivity contribution in [2.24, 2.45) is 12.8 Å². The summed E-state index contributed by atoms with van der Waals surface area (Å²) >= 11 is 0. The smallest absolute Gasteiger partial charge is 0.248 e. The van der Waals surface area contributed by atoms with E-state index in [0.717, 1.165) is 36.5 Å². The van der Waals surface area contributed by atoms with Gasteiger partial charge in [0.25, 0.3) is 0 Å². The summed E-state index contributed by atoms with van der Waals surface area (Å²) in [6.45, 7) is 1.94. The number of nitrogens with two attached hydrogens (primary N) is 1. The van der Waals surface area contributed by atoms with E-state index < -0.39 is 5.91 Å². The summed E-state index contributed by atoms with van der Waals surface area (Å²) < 4.78 is 7.91. The molecule has 2 aromatic rings. The lowest BCUT2D eigenvalue weighted by atomic mass is 10.1. The van der Waals surface area contributed by atoms with Crippen LogP contribution in [0, 0.1) is 0 Å². The molecule has 1 aromatic heterocycles. The number of carbonyl (C=O) groups is 1. The molecule has 1 atom stereocenters. The number of ether oxygens (including phenoxy) is 1. The fourth-order valence-corrected chi connectivity index (χ4v) is 2.79. The van der Waals surface area contributed by atoms with Crippen LogP contribution >= 0.6 is 0 Å². The number of hydrogen-bond donors (Lipinski definition) is 1. The number of likely N-dealkylation sites (tertiary alicyclic amines) is 1. The maximum atomic E-state index is 11.5. The average Bonchev–Trinajstić information content (AvgIpc) is 3.08. The quantitative estimate of drug-likeness (QED) is 0.923. The van der Waals surface area contributed by atoms with Crippen LogP contribution in [0.2, 0.25) is 0 Å². The highest BCUT2D eigenvalue weighted by Gasteiger charge is 2.23. The predicted molar refractivity (Wildman–Crippen MR) is 83.7 cm³/mol. The minimum Gasteiger partial charge on any atom is -0.488 e. The van der Waals surface area contributed by atoms with E-state index >= 15 is 0 Å². The molecule has 3 rings (SSSR count). The molecule has 1 aromatic carbocycles. The van der Waals surface area contributed by atoms with Gasteiger partial charge in [0.2, 0.25) is 5.91 Å². The Balaban J connectivity index is 1.98. The second-order valence-electron chi connectivity index (χ2n) is 5.71. The lowest BCUT2D eigenvalue weighted by molar-refractivity contribution is 0.100. The lowest BCUT2D eigenvalue weighted by Gasteiger charge is -2.17. The van der Waals surface area contributed by atoms with E-state index in [1.165, 1.54) is 0 Å². The Kier molecular flexibility index (Phi) is 3.85. The molecule has 0 saturated carbocycles. The lowest BCUT2D eigenvalue weighted by Crippen LogP contribution is -2.22. The Labute approximate surface area is 129 Å². The van der Waals surface area contributed by atoms with E-state index in [2.05, 4.69) is 17.0 Å². The third-order valence-electron chi connectivity index (χ3n) is 4.00. The number of benzene rings is 1. The Morgan fingerprint density at radius 2 is 2.18 bits per heavy atom. The maximum absolute atomic E-state index is 11.5. The van der Waals surface area contributed by atoms with Crippen LogP contribution in [0.4, 0.5) is 0 Å². The molecule has 0 spiro atoms. The molecular formula is C16H20N4O2. The summed E-state index contributed by atoms with van der Waals surface area (Å²) in [6, 6.07) is 7.19. The van der Waals surface area contributed by atoms with Gasteiger partial charge in [-0.1, -0.05) is 0 Å². The fourth-order valence-electron chi connectivity index (χ4n) is 2.79. The van der Waals surface area contributed by atoms with Crippen LogP contribution in [-0.4, -0.2) is 46.8 Å². The molecule has 1 fully saturated rings. The number of likely N-dealkylation sites (N-methyl/N-ethyl adjacent to an activating group) is 1. The van der Waals surface area contributed by atoms with Crippen molar-refractivity contribution >= 4 is 5.91 Å². The molecule has 1 aliphatic rings. The molecular weight excluding hydrogens is 280 g/mol. The van der Waals surface area contributed by atoms with Gasteiger partial charge in [-0.2, -0.15) is 5.10 Å². The SMILES string of the molecule is CN1CCC(Oc2ccc(C(N)=O)cc2-c2ccnn2C)C1. The van der Waals surface area contributed by atoms with Crippen LogP contribution in [0.25, 0.3) is 11.3 Å². The zero-order valence-electron chi connectivity index (χ0n) is 12.8. The number of rotatable bonds is 4. The van der Waals surface area contributed by atoms with Crippen molar-refractivity contribution in [2.45, 2.75) is 12.5 Å². The second kappa shape index (κ2) is 5.81. The normalized spacial score (nSPS) is 18.5. The topological polar surface area (TPSA) is 73.4 Å². The van der Waals surface area contributed by atoms with E-state index in [1.807, 2.05) is 19.2 Å². The van der Waals surface area contributed by atoms with E-state index in [4.69, 9.17) is 10.5 Å². The van der Waals surface area contributed by atoms with Gasteiger partial charge < -0.3 is 15.4 Å². The van der Waals surface area contributed by atoms with Gasteiger partial charge in [-0.3, -0.25) is 9.48 Å². The molecule has 1 aliphatic heterocycles. The van der Waals surface area contributed by atoms with Gasteiger partial charge in [0, 0.05) is 37.5 Å². The predicted octanol–water partition coefficient (Wildman–Crippen LogP) is 1.27.